The summed E-state index contributed by atoms with van der Waals surface area (Å²) in [5.74, 6) is 0.373. The van der Waals surface area contributed by atoms with Crippen molar-refractivity contribution in [2.24, 2.45) is 0 Å². The van der Waals surface area contributed by atoms with Crippen molar-refractivity contribution < 1.29 is 14.3 Å². The number of nitrogens with zero attached hydrogens (tertiary/aromatic N) is 1. The number of rotatable bonds is 6. The van der Waals surface area contributed by atoms with Crippen molar-refractivity contribution in [3.63, 3.8) is 0 Å². The molecule has 5 heteroatoms. The van der Waals surface area contributed by atoms with Crippen LogP contribution < -0.4 is 10.1 Å². The van der Waals surface area contributed by atoms with Gasteiger partial charge >= 0.3 is 0 Å². The van der Waals surface area contributed by atoms with E-state index in [4.69, 9.17) is 4.74 Å². The molecule has 0 aliphatic carbocycles. The van der Waals surface area contributed by atoms with E-state index < -0.39 is 0 Å². The maximum Gasteiger partial charge on any atom is 0.260 e. The lowest BCUT2D eigenvalue weighted by Crippen LogP contribution is -2.23. The van der Waals surface area contributed by atoms with Crippen LogP contribution in [0.2, 0.25) is 0 Å². The van der Waals surface area contributed by atoms with Crippen LogP contribution in [0, 0.1) is 0 Å². The minimum atomic E-state index is -0.225. The van der Waals surface area contributed by atoms with Crippen LogP contribution >= 0.6 is 0 Å². The molecule has 3 aromatic carbocycles. The topological polar surface area (TPSA) is 58.6 Å². The molecule has 144 valence electrons. The van der Waals surface area contributed by atoms with E-state index in [1.807, 2.05) is 67.6 Å². The standard InChI is InChI=1S/C23H24N2O3/c1-4-28-20-14-11-17-7-5-6-8-19(17)22(20)23(27)24-18-12-9-16(10-13-18)15-21(26)25(2)3/h5-14H,4,15H2,1-3H3,(H,24,27). The normalized spacial score (nSPS) is 10.5. The number of ether oxygens (including phenoxy) is 1. The largest absolute Gasteiger partial charge is 0.493 e. The number of carbonyl (C=O) groups is 2. The van der Waals surface area contributed by atoms with Gasteiger partial charge in [0, 0.05) is 19.8 Å². The first-order valence-electron chi connectivity index (χ1n) is 9.24. The van der Waals surface area contributed by atoms with E-state index in [0.717, 1.165) is 16.3 Å². The summed E-state index contributed by atoms with van der Waals surface area (Å²) in [6.45, 7) is 2.37. The number of anilines is 1. The number of benzene rings is 3. The SMILES string of the molecule is CCOc1ccc2ccccc2c1C(=O)Nc1ccc(CC(=O)N(C)C)cc1. The Morgan fingerprint density at radius 3 is 2.36 bits per heavy atom. The zero-order valence-corrected chi connectivity index (χ0v) is 16.4. The van der Waals surface area contributed by atoms with Gasteiger partial charge in [-0.05, 0) is 41.5 Å². The van der Waals surface area contributed by atoms with Crippen molar-refractivity contribution in [1.82, 2.24) is 4.90 Å². The average Bonchev–Trinajstić information content (AvgIpc) is 2.69. The van der Waals surface area contributed by atoms with Gasteiger partial charge in [0.2, 0.25) is 5.91 Å². The highest BCUT2D eigenvalue weighted by Gasteiger charge is 2.17. The lowest BCUT2D eigenvalue weighted by molar-refractivity contribution is -0.127. The van der Waals surface area contributed by atoms with Crippen LogP contribution in [0.3, 0.4) is 0 Å². The summed E-state index contributed by atoms with van der Waals surface area (Å²) in [4.78, 5) is 26.4. The first kappa shape index (κ1) is 19.4. The van der Waals surface area contributed by atoms with Gasteiger partial charge in [0.05, 0.1) is 18.6 Å². The van der Waals surface area contributed by atoms with Crippen molar-refractivity contribution in [3.8, 4) is 5.75 Å². The Hall–Kier alpha value is -3.34. The van der Waals surface area contributed by atoms with Crippen LogP contribution in [0.4, 0.5) is 5.69 Å². The summed E-state index contributed by atoms with van der Waals surface area (Å²) in [6.07, 6.45) is 0.332. The number of carbonyl (C=O) groups excluding carboxylic acids is 2. The number of nitrogens with one attached hydrogen (secondary N) is 1. The monoisotopic (exact) mass is 376 g/mol. The van der Waals surface area contributed by atoms with Crippen LogP contribution in [-0.4, -0.2) is 37.4 Å². The number of likely N-dealkylation sites (N-methyl/N-ethyl adjacent to an activating group) is 1. The van der Waals surface area contributed by atoms with Crippen LogP contribution in [0.1, 0.15) is 22.8 Å². The lowest BCUT2D eigenvalue weighted by Gasteiger charge is -2.14. The Bertz CT molecular complexity index is 994. The average molecular weight is 376 g/mol. The molecule has 0 unspecified atom stereocenters. The smallest absolute Gasteiger partial charge is 0.260 e. The maximum absolute atomic E-state index is 13.0. The molecule has 0 atom stereocenters. The highest BCUT2D eigenvalue weighted by atomic mass is 16.5. The summed E-state index contributed by atoms with van der Waals surface area (Å²) < 4.78 is 5.69. The minimum absolute atomic E-state index is 0.0360. The molecule has 0 spiro atoms. The molecule has 0 radical (unpaired) electrons. The Kier molecular flexibility index (Phi) is 5.94. The molecule has 3 rings (SSSR count). The second-order valence-electron chi connectivity index (χ2n) is 6.71. The van der Waals surface area contributed by atoms with Crippen LogP contribution in [0.25, 0.3) is 10.8 Å². The van der Waals surface area contributed by atoms with Gasteiger partial charge < -0.3 is 15.0 Å². The van der Waals surface area contributed by atoms with E-state index in [1.165, 1.54) is 0 Å². The Labute approximate surface area is 164 Å². The summed E-state index contributed by atoms with van der Waals surface area (Å²) in [6, 6.07) is 18.8. The van der Waals surface area contributed by atoms with Crippen LogP contribution in [0.15, 0.2) is 60.7 Å². The predicted octanol–water partition coefficient (Wildman–Crippen LogP) is 4.12. The van der Waals surface area contributed by atoms with Crippen molar-refractivity contribution >= 4 is 28.3 Å². The van der Waals surface area contributed by atoms with E-state index in [9.17, 15) is 9.59 Å². The fraction of sp³-hybridized carbons (Fsp3) is 0.217. The molecule has 0 aromatic heterocycles. The van der Waals surface area contributed by atoms with E-state index >= 15 is 0 Å². The maximum atomic E-state index is 13.0. The van der Waals surface area contributed by atoms with Gasteiger partial charge in [0.1, 0.15) is 5.75 Å². The van der Waals surface area contributed by atoms with E-state index in [2.05, 4.69) is 5.32 Å². The molecule has 2 amide bonds. The van der Waals surface area contributed by atoms with Crippen LogP contribution in [-0.2, 0) is 11.2 Å². The zero-order valence-electron chi connectivity index (χ0n) is 16.4. The molecular formula is C23H24N2O3. The lowest BCUT2D eigenvalue weighted by atomic mass is 10.0. The highest BCUT2D eigenvalue weighted by Crippen LogP contribution is 2.29. The van der Waals surface area contributed by atoms with Gasteiger partial charge in [0.25, 0.3) is 5.91 Å². The third-order valence-corrected chi connectivity index (χ3v) is 4.48. The van der Waals surface area contributed by atoms with Crippen LogP contribution in [0.5, 0.6) is 5.75 Å². The predicted molar refractivity (Wildman–Crippen MR) is 112 cm³/mol. The number of hydrogen-bond acceptors (Lipinski definition) is 3. The van der Waals surface area contributed by atoms with Crippen molar-refractivity contribution in [2.75, 3.05) is 26.0 Å². The Morgan fingerprint density at radius 2 is 1.68 bits per heavy atom. The highest BCUT2D eigenvalue weighted by molar-refractivity contribution is 6.15. The molecule has 0 saturated heterocycles. The number of hydrogen-bond donors (Lipinski definition) is 1. The number of fused-ring (bicyclic) bond motifs is 1. The fourth-order valence-electron chi connectivity index (χ4n) is 2.99. The molecule has 0 aliphatic heterocycles. The molecule has 28 heavy (non-hydrogen) atoms. The Morgan fingerprint density at radius 1 is 0.964 bits per heavy atom. The molecule has 0 aliphatic rings. The molecule has 3 aromatic rings. The second-order valence-corrected chi connectivity index (χ2v) is 6.71. The molecule has 0 heterocycles. The fourth-order valence-corrected chi connectivity index (χ4v) is 2.99. The van der Waals surface area contributed by atoms with Gasteiger partial charge in [0.15, 0.2) is 0 Å². The minimum Gasteiger partial charge on any atom is -0.493 e. The van der Waals surface area contributed by atoms with E-state index in [-0.39, 0.29) is 11.8 Å². The van der Waals surface area contributed by atoms with Gasteiger partial charge in [-0.1, -0.05) is 42.5 Å². The summed E-state index contributed by atoms with van der Waals surface area (Å²) in [5, 5.41) is 4.76. The summed E-state index contributed by atoms with van der Waals surface area (Å²) >= 11 is 0. The van der Waals surface area contributed by atoms with Gasteiger partial charge in [-0.2, -0.15) is 0 Å². The molecule has 5 nitrogen and oxygen atoms in total. The van der Waals surface area contributed by atoms with Gasteiger partial charge in [-0.25, -0.2) is 0 Å². The van der Waals surface area contributed by atoms with E-state index in [1.54, 1.807) is 19.0 Å². The first-order valence-corrected chi connectivity index (χ1v) is 9.24. The van der Waals surface area contributed by atoms with Gasteiger partial charge in [-0.15, -0.1) is 0 Å². The quantitative estimate of drug-likeness (QED) is 0.704. The third kappa shape index (κ3) is 4.31. The van der Waals surface area contributed by atoms with Gasteiger partial charge in [-0.3, -0.25) is 9.59 Å². The zero-order chi connectivity index (χ0) is 20.1. The van der Waals surface area contributed by atoms with Crippen molar-refractivity contribution in [3.05, 3.63) is 71.8 Å². The molecule has 0 bridgehead atoms. The third-order valence-electron chi connectivity index (χ3n) is 4.48. The molecule has 0 saturated carbocycles. The molecule has 1 N–H and O–H groups in total. The molecular weight excluding hydrogens is 352 g/mol. The molecule has 0 fully saturated rings. The van der Waals surface area contributed by atoms with Crippen molar-refractivity contribution in [1.29, 1.82) is 0 Å². The first-order chi connectivity index (χ1) is 13.5. The Balaban J connectivity index is 1.85. The summed E-state index contributed by atoms with van der Waals surface area (Å²) in [5.41, 5.74) is 2.09. The van der Waals surface area contributed by atoms with Crippen molar-refractivity contribution in [2.45, 2.75) is 13.3 Å². The second kappa shape index (κ2) is 8.57. The summed E-state index contributed by atoms with van der Waals surface area (Å²) in [7, 11) is 3.47. The van der Waals surface area contributed by atoms with E-state index in [0.29, 0.717) is 30.0 Å². The number of amides is 2.